The molecule has 0 atom stereocenters. The molecule has 0 radical (unpaired) electrons. The number of carbonyl (C=O) groups is 1. The summed E-state index contributed by atoms with van der Waals surface area (Å²) in [6, 6.07) is 14.0. The molecule has 1 N–H and O–H groups in total. The first-order chi connectivity index (χ1) is 13.8. The molecule has 0 aliphatic heterocycles. The molecule has 29 heavy (non-hydrogen) atoms. The second kappa shape index (κ2) is 8.28. The number of carbonyl (C=O) groups excluding carboxylic acids is 1. The number of amides is 1. The van der Waals surface area contributed by atoms with E-state index in [0.29, 0.717) is 0 Å². The van der Waals surface area contributed by atoms with Gasteiger partial charge in [0.25, 0.3) is 11.6 Å². The second-order valence-electron chi connectivity index (χ2n) is 6.62. The summed E-state index contributed by atoms with van der Waals surface area (Å²) in [6.45, 7) is 6.01. The minimum absolute atomic E-state index is 0.0290. The van der Waals surface area contributed by atoms with Crippen LogP contribution >= 0.6 is 11.6 Å². The van der Waals surface area contributed by atoms with E-state index in [1.54, 1.807) is 6.21 Å². The molecular weight excluding hydrogens is 392 g/mol. The number of nitrogens with one attached hydrogen (secondary N) is 1. The quantitative estimate of drug-likeness (QED) is 0.374. The fraction of sp³-hybridized carbons (Fsp3) is 0.143. The first-order valence-electron chi connectivity index (χ1n) is 8.81. The minimum atomic E-state index is -0.636. The number of nitro benzene ring substituents is 1. The van der Waals surface area contributed by atoms with E-state index in [1.807, 2.05) is 45.0 Å². The van der Waals surface area contributed by atoms with Gasteiger partial charge in [0.2, 0.25) is 0 Å². The molecule has 1 aromatic heterocycles. The van der Waals surface area contributed by atoms with Gasteiger partial charge < -0.3 is 4.57 Å². The van der Waals surface area contributed by atoms with Crippen LogP contribution in [0.1, 0.15) is 32.9 Å². The molecular formula is C21H19ClN4O3. The molecule has 1 heterocycles. The van der Waals surface area contributed by atoms with Crippen LogP contribution in [0.3, 0.4) is 0 Å². The first kappa shape index (κ1) is 20.3. The van der Waals surface area contributed by atoms with Gasteiger partial charge in [-0.3, -0.25) is 14.9 Å². The molecule has 1 amide bonds. The molecule has 7 nitrogen and oxygen atoms in total. The molecule has 0 bridgehead atoms. The summed E-state index contributed by atoms with van der Waals surface area (Å²) < 4.78 is 2.11. The lowest BCUT2D eigenvalue weighted by atomic mass is 10.2. The van der Waals surface area contributed by atoms with Gasteiger partial charge in [0.15, 0.2) is 0 Å². The number of nitro groups is 1. The predicted octanol–water partition coefficient (Wildman–Crippen LogP) is 4.73. The zero-order valence-corrected chi connectivity index (χ0v) is 16.9. The lowest BCUT2D eigenvalue weighted by Gasteiger charge is -2.10. The Labute approximate surface area is 172 Å². The Morgan fingerprint density at radius 1 is 1.17 bits per heavy atom. The standard InChI is InChI=1S/C21H19ClN4O3/c1-13-5-4-6-18(9-13)25-14(2)10-17(15(25)3)12-23-24-21(27)16-7-8-19(22)20(11-16)26(28)29/h4-12H,1-3H3,(H,24,27)/b23-12+. The molecule has 0 aliphatic rings. The molecule has 0 fully saturated rings. The number of hydrogen-bond acceptors (Lipinski definition) is 4. The monoisotopic (exact) mass is 410 g/mol. The Hall–Kier alpha value is -3.45. The summed E-state index contributed by atoms with van der Waals surface area (Å²) in [5.74, 6) is -0.562. The minimum Gasteiger partial charge on any atom is -0.318 e. The molecule has 3 aromatic rings. The van der Waals surface area contributed by atoms with Crippen LogP contribution in [0.4, 0.5) is 5.69 Å². The number of aromatic nitrogens is 1. The van der Waals surface area contributed by atoms with Crippen molar-refractivity contribution >= 4 is 29.4 Å². The van der Waals surface area contributed by atoms with E-state index in [-0.39, 0.29) is 16.3 Å². The van der Waals surface area contributed by atoms with Crippen molar-refractivity contribution < 1.29 is 9.72 Å². The van der Waals surface area contributed by atoms with Crippen LogP contribution in [0.25, 0.3) is 5.69 Å². The summed E-state index contributed by atoms with van der Waals surface area (Å²) in [4.78, 5) is 22.6. The van der Waals surface area contributed by atoms with Crippen LogP contribution in [-0.4, -0.2) is 21.6 Å². The number of hydrazone groups is 1. The molecule has 148 valence electrons. The lowest BCUT2D eigenvalue weighted by molar-refractivity contribution is -0.384. The maximum Gasteiger partial charge on any atom is 0.288 e. The van der Waals surface area contributed by atoms with E-state index in [2.05, 4.69) is 21.2 Å². The first-order valence-corrected chi connectivity index (χ1v) is 9.19. The van der Waals surface area contributed by atoms with Crippen molar-refractivity contribution in [2.45, 2.75) is 20.8 Å². The van der Waals surface area contributed by atoms with Crippen molar-refractivity contribution in [2.24, 2.45) is 5.10 Å². The summed E-state index contributed by atoms with van der Waals surface area (Å²) in [6.07, 6.45) is 1.55. The highest BCUT2D eigenvalue weighted by atomic mass is 35.5. The average molecular weight is 411 g/mol. The van der Waals surface area contributed by atoms with E-state index in [4.69, 9.17) is 11.6 Å². The fourth-order valence-electron chi connectivity index (χ4n) is 3.10. The fourth-order valence-corrected chi connectivity index (χ4v) is 3.29. The molecule has 0 aliphatic carbocycles. The number of halogens is 1. The van der Waals surface area contributed by atoms with Gasteiger partial charge in [0.1, 0.15) is 5.02 Å². The topological polar surface area (TPSA) is 89.5 Å². The smallest absolute Gasteiger partial charge is 0.288 e. The van der Waals surface area contributed by atoms with E-state index < -0.39 is 10.8 Å². The maximum atomic E-state index is 12.2. The number of nitrogens with zero attached hydrogens (tertiary/aromatic N) is 3. The zero-order chi connectivity index (χ0) is 21.1. The van der Waals surface area contributed by atoms with Crippen LogP contribution in [0.15, 0.2) is 53.6 Å². The molecule has 0 saturated carbocycles. The normalized spacial score (nSPS) is 11.0. The molecule has 8 heteroatoms. The Kier molecular flexibility index (Phi) is 5.79. The van der Waals surface area contributed by atoms with Gasteiger partial charge >= 0.3 is 0 Å². The largest absolute Gasteiger partial charge is 0.318 e. The second-order valence-corrected chi connectivity index (χ2v) is 7.03. The summed E-state index contributed by atoms with van der Waals surface area (Å²) in [5.41, 5.74) is 7.25. The summed E-state index contributed by atoms with van der Waals surface area (Å²) in [5, 5.41) is 14.9. The predicted molar refractivity (Wildman–Crippen MR) is 113 cm³/mol. The van der Waals surface area contributed by atoms with Crippen LogP contribution < -0.4 is 5.43 Å². The van der Waals surface area contributed by atoms with Crippen LogP contribution in [0.5, 0.6) is 0 Å². The summed E-state index contributed by atoms with van der Waals surface area (Å²) in [7, 11) is 0. The van der Waals surface area contributed by atoms with E-state index in [9.17, 15) is 14.9 Å². The number of rotatable bonds is 5. The average Bonchev–Trinajstić information content (AvgIpc) is 2.95. The molecule has 0 saturated heterocycles. The van der Waals surface area contributed by atoms with Crippen molar-refractivity contribution in [2.75, 3.05) is 0 Å². The van der Waals surface area contributed by atoms with Gasteiger partial charge in [-0.25, -0.2) is 5.43 Å². The number of hydrogen-bond donors (Lipinski definition) is 1. The highest BCUT2D eigenvalue weighted by molar-refractivity contribution is 6.32. The van der Waals surface area contributed by atoms with Gasteiger partial charge in [0, 0.05) is 34.3 Å². The highest BCUT2D eigenvalue weighted by Crippen LogP contribution is 2.25. The molecule has 0 spiro atoms. The molecule has 2 aromatic carbocycles. The van der Waals surface area contributed by atoms with E-state index in [0.717, 1.165) is 34.3 Å². The SMILES string of the molecule is Cc1cccc(-n2c(C)cc(/C=N/NC(=O)c3ccc(Cl)c([N+](=O)[O-])c3)c2C)c1. The van der Waals surface area contributed by atoms with Gasteiger partial charge in [0.05, 0.1) is 11.1 Å². The van der Waals surface area contributed by atoms with Crippen molar-refractivity contribution in [3.05, 3.63) is 91.7 Å². The van der Waals surface area contributed by atoms with Crippen molar-refractivity contribution in [1.29, 1.82) is 0 Å². The molecule has 3 rings (SSSR count). The Morgan fingerprint density at radius 3 is 2.62 bits per heavy atom. The van der Waals surface area contributed by atoms with Crippen molar-refractivity contribution in [1.82, 2.24) is 9.99 Å². The van der Waals surface area contributed by atoms with E-state index in [1.165, 1.54) is 12.1 Å². The van der Waals surface area contributed by atoms with Gasteiger partial charge in [-0.15, -0.1) is 0 Å². The number of aryl methyl sites for hydroxylation is 2. The third-order valence-electron chi connectivity index (χ3n) is 4.50. The van der Waals surface area contributed by atoms with Gasteiger partial charge in [-0.1, -0.05) is 23.7 Å². The van der Waals surface area contributed by atoms with Crippen molar-refractivity contribution in [3.63, 3.8) is 0 Å². The Bertz CT molecular complexity index is 1130. The van der Waals surface area contributed by atoms with Gasteiger partial charge in [-0.2, -0.15) is 5.10 Å². The third kappa shape index (κ3) is 4.35. The zero-order valence-electron chi connectivity index (χ0n) is 16.1. The third-order valence-corrected chi connectivity index (χ3v) is 4.82. The lowest BCUT2D eigenvalue weighted by Crippen LogP contribution is -2.17. The Morgan fingerprint density at radius 2 is 1.93 bits per heavy atom. The number of benzene rings is 2. The van der Waals surface area contributed by atoms with Crippen LogP contribution in [-0.2, 0) is 0 Å². The van der Waals surface area contributed by atoms with Crippen LogP contribution in [0, 0.1) is 30.9 Å². The van der Waals surface area contributed by atoms with Crippen molar-refractivity contribution in [3.8, 4) is 5.69 Å². The van der Waals surface area contributed by atoms with Crippen LogP contribution in [0.2, 0.25) is 5.02 Å². The summed E-state index contributed by atoms with van der Waals surface area (Å²) >= 11 is 5.77. The van der Waals surface area contributed by atoms with Gasteiger partial charge in [-0.05, 0) is 56.7 Å². The van der Waals surface area contributed by atoms with E-state index >= 15 is 0 Å². The maximum absolute atomic E-state index is 12.2. The Balaban J connectivity index is 1.79. The molecule has 0 unspecified atom stereocenters. The highest BCUT2D eigenvalue weighted by Gasteiger charge is 2.16.